The number of anilines is 1. The lowest BCUT2D eigenvalue weighted by Crippen LogP contribution is -2.55. The molecule has 2 saturated heterocycles. The van der Waals surface area contributed by atoms with Gasteiger partial charge in [0.15, 0.2) is 5.96 Å². The zero-order valence-corrected chi connectivity index (χ0v) is 19.3. The summed E-state index contributed by atoms with van der Waals surface area (Å²) in [5.41, 5.74) is 1.12. The Morgan fingerprint density at radius 1 is 1.32 bits per heavy atom. The van der Waals surface area contributed by atoms with Crippen LogP contribution in [0, 0.1) is 0 Å². The van der Waals surface area contributed by atoms with Crippen molar-refractivity contribution in [2.24, 2.45) is 4.99 Å². The van der Waals surface area contributed by atoms with Gasteiger partial charge in [-0.05, 0) is 18.9 Å². The summed E-state index contributed by atoms with van der Waals surface area (Å²) in [7, 11) is 5.78. The lowest BCUT2D eigenvalue weighted by molar-refractivity contribution is -0.142. The van der Waals surface area contributed by atoms with Crippen molar-refractivity contribution >= 4 is 41.7 Å². The molecular weight excluding hydrogens is 471 g/mol. The number of aliphatic imine (C=N–C) groups is 1. The smallest absolute Gasteiger partial charge is 0.251 e. The molecule has 1 atom stereocenters. The van der Waals surface area contributed by atoms with Crippen molar-refractivity contribution < 1.29 is 9.53 Å². The standard InChI is InChI=1S/C19H30N6O2.HI/c1-20-19(22-14-15-6-4-8-21-17(15)23(2)3)25-11-9-24(10-12-25)18(26)16-7-5-13-27-16;/h4,6,8,16H,5,7,9-14H2,1-3H3,(H,20,22);1H. The van der Waals surface area contributed by atoms with Crippen LogP contribution in [-0.4, -0.2) is 86.7 Å². The monoisotopic (exact) mass is 502 g/mol. The van der Waals surface area contributed by atoms with Crippen LogP contribution in [0.5, 0.6) is 0 Å². The maximum Gasteiger partial charge on any atom is 0.251 e. The van der Waals surface area contributed by atoms with Gasteiger partial charge in [-0.25, -0.2) is 4.98 Å². The summed E-state index contributed by atoms with van der Waals surface area (Å²) in [5.74, 6) is 1.95. The quantitative estimate of drug-likeness (QED) is 0.379. The number of amides is 1. The highest BCUT2D eigenvalue weighted by Gasteiger charge is 2.30. The molecule has 0 bridgehead atoms. The van der Waals surface area contributed by atoms with Crippen LogP contribution in [0.3, 0.4) is 0 Å². The number of carbonyl (C=O) groups excluding carboxylic acids is 1. The number of hydrogen-bond donors (Lipinski definition) is 1. The first kappa shape index (κ1) is 22.7. The average molecular weight is 502 g/mol. The Morgan fingerprint density at radius 3 is 2.64 bits per heavy atom. The first-order chi connectivity index (χ1) is 13.1. The fourth-order valence-corrected chi connectivity index (χ4v) is 3.59. The molecule has 156 valence electrons. The number of nitrogens with zero attached hydrogens (tertiary/aromatic N) is 5. The molecule has 1 amide bonds. The number of ether oxygens (including phenoxy) is 1. The zero-order valence-electron chi connectivity index (χ0n) is 16.9. The van der Waals surface area contributed by atoms with E-state index in [0.717, 1.165) is 43.3 Å². The molecule has 1 unspecified atom stereocenters. The van der Waals surface area contributed by atoms with Crippen molar-refractivity contribution in [3.8, 4) is 0 Å². The Hall–Kier alpha value is -1.62. The van der Waals surface area contributed by atoms with E-state index in [1.165, 1.54) is 0 Å². The molecule has 28 heavy (non-hydrogen) atoms. The van der Waals surface area contributed by atoms with Gasteiger partial charge in [0, 0.05) is 72.2 Å². The number of aromatic nitrogens is 1. The van der Waals surface area contributed by atoms with E-state index in [4.69, 9.17) is 4.74 Å². The van der Waals surface area contributed by atoms with E-state index in [0.29, 0.717) is 26.2 Å². The van der Waals surface area contributed by atoms with Crippen molar-refractivity contribution in [2.45, 2.75) is 25.5 Å². The molecule has 0 aromatic carbocycles. The number of halogens is 1. The molecule has 2 aliphatic rings. The van der Waals surface area contributed by atoms with Gasteiger partial charge in [-0.2, -0.15) is 0 Å². The molecule has 3 rings (SSSR count). The second kappa shape index (κ2) is 10.8. The summed E-state index contributed by atoms with van der Waals surface area (Å²) in [6.07, 6.45) is 3.40. The SMILES string of the molecule is CN=C(NCc1cccnc1N(C)C)N1CCN(C(=O)C2CCCO2)CC1.I. The normalized spacial score (nSPS) is 20.0. The van der Waals surface area contributed by atoms with E-state index in [2.05, 4.69) is 26.3 Å². The van der Waals surface area contributed by atoms with Gasteiger partial charge in [0.25, 0.3) is 5.91 Å². The second-order valence-electron chi connectivity index (χ2n) is 7.10. The summed E-state index contributed by atoms with van der Waals surface area (Å²) < 4.78 is 5.53. The molecule has 1 N–H and O–H groups in total. The maximum absolute atomic E-state index is 12.5. The van der Waals surface area contributed by atoms with E-state index >= 15 is 0 Å². The fraction of sp³-hybridized carbons (Fsp3) is 0.632. The number of piperazine rings is 1. The summed E-state index contributed by atoms with van der Waals surface area (Å²) in [6.45, 7) is 4.31. The molecule has 0 spiro atoms. The third-order valence-corrected chi connectivity index (χ3v) is 5.04. The Balaban J connectivity index is 0.00000280. The van der Waals surface area contributed by atoms with Crippen molar-refractivity contribution in [3.05, 3.63) is 23.9 Å². The van der Waals surface area contributed by atoms with Crippen LogP contribution in [0.15, 0.2) is 23.3 Å². The summed E-state index contributed by atoms with van der Waals surface area (Å²) in [4.78, 5) is 27.5. The van der Waals surface area contributed by atoms with Crippen LogP contribution in [0.1, 0.15) is 18.4 Å². The first-order valence-electron chi connectivity index (χ1n) is 9.57. The zero-order chi connectivity index (χ0) is 19.2. The minimum atomic E-state index is -0.232. The molecule has 0 radical (unpaired) electrons. The van der Waals surface area contributed by atoms with Crippen LogP contribution in [0.2, 0.25) is 0 Å². The number of nitrogens with one attached hydrogen (secondary N) is 1. The van der Waals surface area contributed by atoms with E-state index < -0.39 is 0 Å². The minimum Gasteiger partial charge on any atom is -0.368 e. The van der Waals surface area contributed by atoms with E-state index in [9.17, 15) is 4.79 Å². The van der Waals surface area contributed by atoms with E-state index in [1.54, 1.807) is 13.2 Å². The van der Waals surface area contributed by atoms with Gasteiger partial charge in [-0.3, -0.25) is 9.79 Å². The molecule has 1 aromatic rings. The summed E-state index contributed by atoms with van der Waals surface area (Å²) in [6, 6.07) is 4.02. The van der Waals surface area contributed by atoms with Gasteiger partial charge in [0.05, 0.1) is 0 Å². The number of pyridine rings is 1. The lowest BCUT2D eigenvalue weighted by Gasteiger charge is -2.37. The first-order valence-corrected chi connectivity index (χ1v) is 9.57. The van der Waals surface area contributed by atoms with Gasteiger partial charge in [-0.15, -0.1) is 24.0 Å². The van der Waals surface area contributed by atoms with Crippen molar-refractivity contribution in [2.75, 3.05) is 58.8 Å². The Bertz CT molecular complexity index is 670. The number of hydrogen-bond acceptors (Lipinski definition) is 5. The molecule has 8 nitrogen and oxygen atoms in total. The molecule has 2 aliphatic heterocycles. The number of carbonyl (C=O) groups is 1. The van der Waals surface area contributed by atoms with Gasteiger partial charge >= 0.3 is 0 Å². The summed E-state index contributed by atoms with van der Waals surface area (Å²) in [5, 5.41) is 3.43. The highest BCUT2D eigenvalue weighted by molar-refractivity contribution is 14.0. The molecular formula is C19H31IN6O2. The Kier molecular flexibility index (Phi) is 8.74. The Morgan fingerprint density at radius 2 is 2.04 bits per heavy atom. The molecule has 3 heterocycles. The van der Waals surface area contributed by atoms with Gasteiger partial charge in [0.2, 0.25) is 0 Å². The van der Waals surface area contributed by atoms with Crippen LogP contribution in [0.25, 0.3) is 0 Å². The van der Waals surface area contributed by atoms with Crippen molar-refractivity contribution in [1.82, 2.24) is 20.1 Å². The predicted molar refractivity (Wildman–Crippen MR) is 121 cm³/mol. The maximum atomic E-state index is 12.5. The van der Waals surface area contributed by atoms with Gasteiger partial charge in [-0.1, -0.05) is 6.07 Å². The number of rotatable bonds is 4. The third-order valence-electron chi connectivity index (χ3n) is 5.04. The van der Waals surface area contributed by atoms with Crippen LogP contribution in [-0.2, 0) is 16.1 Å². The van der Waals surface area contributed by atoms with Gasteiger partial charge < -0.3 is 24.8 Å². The predicted octanol–water partition coefficient (Wildman–Crippen LogP) is 1.16. The number of guanidine groups is 1. The highest BCUT2D eigenvalue weighted by atomic mass is 127. The highest BCUT2D eigenvalue weighted by Crippen LogP contribution is 2.17. The van der Waals surface area contributed by atoms with Crippen LogP contribution in [0.4, 0.5) is 5.82 Å². The molecule has 9 heteroatoms. The third kappa shape index (κ3) is 5.47. The lowest BCUT2D eigenvalue weighted by atomic mass is 10.2. The van der Waals surface area contributed by atoms with Crippen LogP contribution >= 0.6 is 24.0 Å². The van der Waals surface area contributed by atoms with Crippen LogP contribution < -0.4 is 10.2 Å². The second-order valence-corrected chi connectivity index (χ2v) is 7.10. The van der Waals surface area contributed by atoms with Crippen molar-refractivity contribution in [3.63, 3.8) is 0 Å². The van der Waals surface area contributed by atoms with Gasteiger partial charge in [0.1, 0.15) is 11.9 Å². The molecule has 0 aliphatic carbocycles. The largest absolute Gasteiger partial charge is 0.368 e. The topological polar surface area (TPSA) is 73.3 Å². The molecule has 2 fully saturated rings. The van der Waals surface area contributed by atoms with E-state index in [-0.39, 0.29) is 36.0 Å². The molecule has 0 saturated carbocycles. The fourth-order valence-electron chi connectivity index (χ4n) is 3.59. The van der Waals surface area contributed by atoms with E-state index in [1.807, 2.05) is 30.0 Å². The summed E-state index contributed by atoms with van der Waals surface area (Å²) >= 11 is 0. The Labute approximate surface area is 184 Å². The average Bonchev–Trinajstić information content (AvgIpc) is 3.23. The van der Waals surface area contributed by atoms with Crippen molar-refractivity contribution in [1.29, 1.82) is 0 Å². The minimum absolute atomic E-state index is 0. The molecule has 1 aromatic heterocycles.